The number of methoxy groups -OCH3 is 2. The van der Waals surface area contributed by atoms with Gasteiger partial charge in [-0.15, -0.1) is 0 Å². The van der Waals surface area contributed by atoms with Gasteiger partial charge < -0.3 is 24.3 Å². The van der Waals surface area contributed by atoms with Crippen molar-refractivity contribution < 1.29 is 37.0 Å². The molecule has 1 aliphatic heterocycles. The van der Waals surface area contributed by atoms with Crippen LogP contribution in [0.25, 0.3) is 0 Å². The molecule has 1 aromatic carbocycles. The predicted octanol–water partition coefficient (Wildman–Crippen LogP) is 0.313. The van der Waals surface area contributed by atoms with Crippen LogP contribution in [0, 0.1) is 0 Å². The molecule has 0 saturated carbocycles. The number of carbonyl (C=O) groups excluding carboxylic acids is 2. The van der Waals surface area contributed by atoms with Crippen LogP contribution in [0.5, 0.6) is 5.75 Å². The van der Waals surface area contributed by atoms with E-state index in [1.165, 1.54) is 11.4 Å². The highest BCUT2D eigenvalue weighted by molar-refractivity contribution is 7.89. The summed E-state index contributed by atoms with van der Waals surface area (Å²) in [5, 5.41) is 2.26. The zero-order valence-corrected chi connectivity index (χ0v) is 21.0. The number of hydrogen-bond acceptors (Lipinski definition) is 9. The Hall–Kier alpha value is -2.25. The molecule has 11 nitrogen and oxygen atoms in total. The summed E-state index contributed by atoms with van der Waals surface area (Å²) in [4.78, 5) is 26.8. The van der Waals surface area contributed by atoms with E-state index in [1.54, 1.807) is 45.2 Å². The number of carbonyl (C=O) groups is 2. The second-order valence-corrected chi connectivity index (χ2v) is 10.5. The van der Waals surface area contributed by atoms with Gasteiger partial charge in [-0.05, 0) is 38.1 Å². The minimum absolute atomic E-state index is 0.0357. The highest BCUT2D eigenvalue weighted by Crippen LogP contribution is 2.15. The van der Waals surface area contributed by atoms with Crippen LogP contribution < -0.4 is 10.1 Å². The lowest BCUT2D eigenvalue weighted by atomic mass is 10.1. The van der Waals surface area contributed by atoms with Gasteiger partial charge in [-0.2, -0.15) is 4.31 Å². The lowest BCUT2D eigenvalue weighted by molar-refractivity contribution is -0.147. The van der Waals surface area contributed by atoms with Crippen molar-refractivity contribution in [3.63, 3.8) is 0 Å². The van der Waals surface area contributed by atoms with E-state index < -0.39 is 27.3 Å². The van der Waals surface area contributed by atoms with Gasteiger partial charge in [0.25, 0.3) is 5.91 Å². The fourth-order valence-corrected chi connectivity index (χ4v) is 4.64. The maximum atomic E-state index is 12.6. The lowest BCUT2D eigenvalue weighted by Crippen LogP contribution is -2.57. The number of rotatable bonds is 13. The van der Waals surface area contributed by atoms with E-state index >= 15 is 0 Å². The highest BCUT2D eigenvalue weighted by Gasteiger charge is 2.34. The normalized spacial score (nSPS) is 16.3. The van der Waals surface area contributed by atoms with Gasteiger partial charge >= 0.3 is 5.97 Å². The Morgan fingerprint density at radius 3 is 2.24 bits per heavy atom. The van der Waals surface area contributed by atoms with Crippen molar-refractivity contribution in [2.24, 2.45) is 0 Å². The summed E-state index contributed by atoms with van der Waals surface area (Å²) < 4.78 is 46.7. The van der Waals surface area contributed by atoms with E-state index in [2.05, 4.69) is 5.32 Å². The largest absolute Gasteiger partial charge is 0.468 e. The summed E-state index contributed by atoms with van der Waals surface area (Å²) in [6.07, 6.45) is 0. The third-order valence-corrected chi connectivity index (χ3v) is 7.73. The van der Waals surface area contributed by atoms with Crippen LogP contribution >= 0.6 is 0 Å². The van der Waals surface area contributed by atoms with Gasteiger partial charge in [-0.3, -0.25) is 14.5 Å². The Morgan fingerprint density at radius 1 is 1.03 bits per heavy atom. The number of hydrogen-bond donors (Lipinski definition) is 1. The Kier molecular flexibility index (Phi) is 11.2. The molecule has 0 bridgehead atoms. The van der Waals surface area contributed by atoms with Gasteiger partial charge in [-0.25, -0.2) is 8.42 Å². The number of nitrogens with zero attached hydrogens (tertiary/aromatic N) is 2. The number of piperazine rings is 1. The van der Waals surface area contributed by atoms with Crippen molar-refractivity contribution in [1.82, 2.24) is 14.5 Å². The van der Waals surface area contributed by atoms with Crippen LogP contribution in [-0.4, -0.2) is 108 Å². The Morgan fingerprint density at radius 2 is 1.68 bits per heavy atom. The molecule has 1 N–H and O–H groups in total. The molecule has 1 saturated heterocycles. The van der Waals surface area contributed by atoms with Gasteiger partial charge in [0.15, 0.2) is 6.79 Å². The predicted molar refractivity (Wildman–Crippen MR) is 125 cm³/mol. The first kappa shape index (κ1) is 28.0. The summed E-state index contributed by atoms with van der Waals surface area (Å²) in [5.74, 6) is -0.286. The number of benzene rings is 1. The molecule has 12 heteroatoms. The summed E-state index contributed by atoms with van der Waals surface area (Å²) in [5.41, 5.74) is 0.407. The number of amides is 1. The van der Waals surface area contributed by atoms with Crippen molar-refractivity contribution in [1.29, 1.82) is 0 Å². The van der Waals surface area contributed by atoms with Gasteiger partial charge in [0.2, 0.25) is 10.0 Å². The molecule has 1 heterocycles. The van der Waals surface area contributed by atoms with Crippen LogP contribution in [0.3, 0.4) is 0 Å². The second kappa shape index (κ2) is 13.6. The van der Waals surface area contributed by atoms with Gasteiger partial charge in [0.05, 0.1) is 25.6 Å². The van der Waals surface area contributed by atoms with Crippen molar-refractivity contribution in [3.05, 3.63) is 29.8 Å². The van der Waals surface area contributed by atoms with Crippen molar-refractivity contribution in [3.8, 4) is 5.75 Å². The molecule has 1 aliphatic rings. The van der Waals surface area contributed by atoms with Crippen LogP contribution in [0.2, 0.25) is 0 Å². The Bertz CT molecular complexity index is 884. The standard InChI is InChI=1S/C22H35N3O8S/c1-17(2)34(28,29)25-11-9-24(10-12-25)20(22(27)31-4)15-23-21(26)18-5-7-19(8-6-18)33-16-32-14-13-30-3/h5-8,17,20H,9-16H2,1-4H3,(H,23,26)/t20-/m0/s1. The number of ether oxygens (including phenoxy) is 4. The zero-order chi connectivity index (χ0) is 25.1. The fourth-order valence-electron chi connectivity index (χ4n) is 3.37. The van der Waals surface area contributed by atoms with Crippen molar-refractivity contribution in [2.45, 2.75) is 25.1 Å². The third-order valence-electron chi connectivity index (χ3n) is 5.46. The topological polar surface area (TPSA) is 124 Å². The van der Waals surface area contributed by atoms with Crippen molar-refractivity contribution >= 4 is 21.9 Å². The molecule has 0 radical (unpaired) electrons. The quantitative estimate of drug-likeness (QED) is 0.231. The summed E-state index contributed by atoms with van der Waals surface area (Å²) in [6, 6.07) is 5.82. The fraction of sp³-hybridized carbons (Fsp3) is 0.636. The molecule has 0 aromatic heterocycles. The average molecular weight is 502 g/mol. The molecule has 2 rings (SSSR count). The van der Waals surface area contributed by atoms with Crippen LogP contribution in [-0.2, 0) is 29.0 Å². The zero-order valence-electron chi connectivity index (χ0n) is 20.2. The third kappa shape index (κ3) is 7.91. The van der Waals surface area contributed by atoms with Gasteiger partial charge in [0.1, 0.15) is 11.8 Å². The average Bonchev–Trinajstić information content (AvgIpc) is 2.84. The summed E-state index contributed by atoms with van der Waals surface area (Å²) in [6.45, 7) is 5.56. The molecular formula is C22H35N3O8S. The molecule has 1 fully saturated rings. The molecule has 1 aromatic rings. The molecule has 0 unspecified atom stereocenters. The number of sulfonamides is 1. The molecule has 1 atom stereocenters. The first-order chi connectivity index (χ1) is 16.2. The van der Waals surface area contributed by atoms with E-state index in [0.29, 0.717) is 37.6 Å². The smallest absolute Gasteiger partial charge is 0.324 e. The molecule has 34 heavy (non-hydrogen) atoms. The maximum absolute atomic E-state index is 12.6. The molecule has 1 amide bonds. The van der Waals surface area contributed by atoms with Crippen LogP contribution in [0.4, 0.5) is 0 Å². The van der Waals surface area contributed by atoms with E-state index in [-0.39, 0.29) is 32.3 Å². The van der Waals surface area contributed by atoms with Crippen LogP contribution in [0.1, 0.15) is 24.2 Å². The number of esters is 1. The maximum Gasteiger partial charge on any atom is 0.324 e. The minimum atomic E-state index is -3.35. The van der Waals surface area contributed by atoms with E-state index in [1.807, 2.05) is 4.90 Å². The van der Waals surface area contributed by atoms with Crippen LogP contribution in [0.15, 0.2) is 24.3 Å². The molecule has 0 aliphatic carbocycles. The minimum Gasteiger partial charge on any atom is -0.468 e. The summed E-state index contributed by atoms with van der Waals surface area (Å²) >= 11 is 0. The second-order valence-electron chi connectivity index (χ2n) is 7.97. The summed E-state index contributed by atoms with van der Waals surface area (Å²) in [7, 11) is -0.482. The monoisotopic (exact) mass is 501 g/mol. The SMILES string of the molecule is COCCOCOc1ccc(C(=O)NC[C@@H](C(=O)OC)N2CCN(S(=O)(=O)C(C)C)CC2)cc1. The van der Waals surface area contributed by atoms with Crippen molar-refractivity contribution in [2.75, 3.05) is 67.0 Å². The van der Waals surface area contributed by atoms with Gasteiger partial charge in [-0.1, -0.05) is 0 Å². The Labute approximate surface area is 201 Å². The Balaban J connectivity index is 1.89. The number of nitrogens with one attached hydrogen (secondary N) is 1. The molecular weight excluding hydrogens is 466 g/mol. The van der Waals surface area contributed by atoms with E-state index in [9.17, 15) is 18.0 Å². The van der Waals surface area contributed by atoms with E-state index in [4.69, 9.17) is 18.9 Å². The molecule has 192 valence electrons. The highest BCUT2D eigenvalue weighted by atomic mass is 32.2. The van der Waals surface area contributed by atoms with E-state index in [0.717, 1.165) is 0 Å². The molecule has 0 spiro atoms. The van der Waals surface area contributed by atoms with Gasteiger partial charge in [0, 0.05) is 45.4 Å². The lowest BCUT2D eigenvalue weighted by Gasteiger charge is -2.38. The first-order valence-electron chi connectivity index (χ1n) is 11.1. The first-order valence-corrected chi connectivity index (χ1v) is 12.6.